The van der Waals surface area contributed by atoms with Crippen LogP contribution in [0.5, 0.6) is 5.75 Å². The predicted molar refractivity (Wildman–Crippen MR) is 109 cm³/mol. The van der Waals surface area contributed by atoms with E-state index in [0.717, 1.165) is 5.56 Å². The highest BCUT2D eigenvalue weighted by Crippen LogP contribution is 2.22. The standard InChI is InChI=1S/C22H16ClFN2O3/c23-15-7-5-14(6-8-15)11-22-26-18-12-16(9-10-20(18)29-22)25-21(27)13-28-19-4-2-1-3-17(19)24/h1-10,12H,11,13H2,(H,25,27). The molecular weight excluding hydrogens is 395 g/mol. The maximum Gasteiger partial charge on any atom is 0.262 e. The van der Waals surface area contributed by atoms with E-state index in [-0.39, 0.29) is 12.4 Å². The number of hydrogen-bond acceptors (Lipinski definition) is 4. The summed E-state index contributed by atoms with van der Waals surface area (Å²) in [5.74, 6) is -0.329. The first-order valence-corrected chi connectivity index (χ1v) is 9.26. The Morgan fingerprint density at radius 3 is 2.69 bits per heavy atom. The molecule has 0 unspecified atom stereocenters. The van der Waals surface area contributed by atoms with Gasteiger partial charge in [0.1, 0.15) is 5.52 Å². The molecule has 0 aliphatic rings. The third-order valence-electron chi connectivity index (χ3n) is 4.18. The first-order chi connectivity index (χ1) is 14.1. The second-order valence-electron chi connectivity index (χ2n) is 6.36. The fourth-order valence-corrected chi connectivity index (χ4v) is 2.93. The molecule has 0 aliphatic heterocycles. The molecule has 1 aromatic heterocycles. The van der Waals surface area contributed by atoms with Gasteiger partial charge < -0.3 is 14.5 Å². The molecule has 1 heterocycles. The van der Waals surface area contributed by atoms with Crippen LogP contribution in [0.4, 0.5) is 10.1 Å². The van der Waals surface area contributed by atoms with Gasteiger partial charge in [-0.25, -0.2) is 9.37 Å². The van der Waals surface area contributed by atoms with Crippen molar-refractivity contribution >= 4 is 34.3 Å². The molecule has 0 saturated carbocycles. The number of benzene rings is 3. The van der Waals surface area contributed by atoms with Gasteiger partial charge in [-0.1, -0.05) is 35.9 Å². The van der Waals surface area contributed by atoms with Crippen LogP contribution in [0.3, 0.4) is 0 Å². The lowest BCUT2D eigenvalue weighted by atomic mass is 10.1. The van der Waals surface area contributed by atoms with Crippen LogP contribution in [0.15, 0.2) is 71.1 Å². The minimum atomic E-state index is -0.516. The second kappa shape index (κ2) is 8.32. The molecule has 0 fully saturated rings. The van der Waals surface area contributed by atoms with Crippen LogP contribution in [0.2, 0.25) is 5.02 Å². The molecule has 1 amide bonds. The molecule has 0 radical (unpaired) electrons. The number of carbonyl (C=O) groups excluding carboxylic acids is 1. The van der Waals surface area contributed by atoms with E-state index in [4.69, 9.17) is 20.8 Å². The summed E-state index contributed by atoms with van der Waals surface area (Å²) in [4.78, 5) is 16.6. The number of anilines is 1. The summed E-state index contributed by atoms with van der Waals surface area (Å²) in [7, 11) is 0. The Hall–Kier alpha value is -3.38. The molecule has 1 N–H and O–H groups in total. The molecule has 0 saturated heterocycles. The summed E-state index contributed by atoms with van der Waals surface area (Å²) in [5, 5.41) is 3.38. The van der Waals surface area contributed by atoms with E-state index in [9.17, 15) is 9.18 Å². The van der Waals surface area contributed by atoms with Gasteiger partial charge in [-0.05, 0) is 48.0 Å². The fourth-order valence-electron chi connectivity index (χ4n) is 2.81. The van der Waals surface area contributed by atoms with Crippen LogP contribution in [-0.2, 0) is 11.2 Å². The molecular formula is C22H16ClFN2O3. The number of halogens is 2. The number of nitrogens with zero attached hydrogens (tertiary/aromatic N) is 1. The largest absolute Gasteiger partial charge is 0.481 e. The van der Waals surface area contributed by atoms with E-state index in [1.165, 1.54) is 12.1 Å². The van der Waals surface area contributed by atoms with Crippen molar-refractivity contribution < 1.29 is 18.3 Å². The minimum absolute atomic E-state index is 0.0291. The van der Waals surface area contributed by atoms with Gasteiger partial charge in [-0.3, -0.25) is 4.79 Å². The smallest absolute Gasteiger partial charge is 0.262 e. The van der Waals surface area contributed by atoms with Crippen molar-refractivity contribution in [3.05, 3.63) is 89.0 Å². The highest BCUT2D eigenvalue weighted by molar-refractivity contribution is 6.30. The zero-order valence-corrected chi connectivity index (χ0v) is 15.9. The topological polar surface area (TPSA) is 64.4 Å². The molecule has 4 rings (SSSR count). The Morgan fingerprint density at radius 2 is 1.90 bits per heavy atom. The van der Waals surface area contributed by atoms with Crippen molar-refractivity contribution in [2.24, 2.45) is 0 Å². The summed E-state index contributed by atoms with van der Waals surface area (Å²) in [6, 6.07) is 18.5. The third-order valence-corrected chi connectivity index (χ3v) is 4.43. The first-order valence-electron chi connectivity index (χ1n) is 8.88. The van der Waals surface area contributed by atoms with Crippen LogP contribution in [0, 0.1) is 5.82 Å². The van der Waals surface area contributed by atoms with Gasteiger partial charge in [0, 0.05) is 17.1 Å². The molecule has 146 valence electrons. The highest BCUT2D eigenvalue weighted by atomic mass is 35.5. The van der Waals surface area contributed by atoms with Gasteiger partial charge >= 0.3 is 0 Å². The first kappa shape index (κ1) is 19.0. The number of nitrogens with one attached hydrogen (secondary N) is 1. The van der Waals surface area contributed by atoms with E-state index >= 15 is 0 Å². The van der Waals surface area contributed by atoms with Crippen molar-refractivity contribution in [2.45, 2.75) is 6.42 Å². The second-order valence-corrected chi connectivity index (χ2v) is 6.80. The molecule has 4 aromatic rings. The van der Waals surface area contributed by atoms with Gasteiger partial charge in [-0.2, -0.15) is 0 Å². The van der Waals surface area contributed by atoms with Crippen molar-refractivity contribution in [1.29, 1.82) is 0 Å². The van der Waals surface area contributed by atoms with Crippen molar-refractivity contribution in [2.75, 3.05) is 11.9 Å². The summed E-state index contributed by atoms with van der Waals surface area (Å²) in [5.41, 5.74) is 2.82. The maximum absolute atomic E-state index is 13.5. The Balaban J connectivity index is 1.41. The summed E-state index contributed by atoms with van der Waals surface area (Å²) in [6.45, 7) is -0.306. The van der Waals surface area contributed by atoms with Gasteiger partial charge in [0.25, 0.3) is 5.91 Å². The van der Waals surface area contributed by atoms with E-state index in [1.54, 1.807) is 30.3 Å². The molecule has 0 spiro atoms. The molecule has 0 aliphatic carbocycles. The van der Waals surface area contributed by atoms with Crippen LogP contribution in [0.25, 0.3) is 11.1 Å². The van der Waals surface area contributed by atoms with Crippen LogP contribution in [0.1, 0.15) is 11.5 Å². The molecule has 3 aromatic carbocycles. The zero-order chi connectivity index (χ0) is 20.2. The summed E-state index contributed by atoms with van der Waals surface area (Å²) >= 11 is 5.90. The number of aromatic nitrogens is 1. The van der Waals surface area contributed by atoms with Crippen LogP contribution < -0.4 is 10.1 Å². The molecule has 5 nitrogen and oxygen atoms in total. The number of fused-ring (bicyclic) bond motifs is 1. The van der Waals surface area contributed by atoms with Gasteiger partial charge in [0.05, 0.1) is 0 Å². The number of para-hydroxylation sites is 1. The molecule has 0 atom stereocenters. The van der Waals surface area contributed by atoms with E-state index in [0.29, 0.717) is 34.1 Å². The lowest BCUT2D eigenvalue weighted by Gasteiger charge is -2.08. The Bertz CT molecular complexity index is 1160. The average Bonchev–Trinajstić information content (AvgIpc) is 3.10. The van der Waals surface area contributed by atoms with Gasteiger partial charge in [-0.15, -0.1) is 0 Å². The monoisotopic (exact) mass is 410 g/mol. The predicted octanol–water partition coefficient (Wildman–Crippen LogP) is 5.23. The Morgan fingerprint density at radius 1 is 1.10 bits per heavy atom. The van der Waals surface area contributed by atoms with E-state index in [1.807, 2.05) is 24.3 Å². The van der Waals surface area contributed by atoms with E-state index < -0.39 is 11.7 Å². The summed E-state index contributed by atoms with van der Waals surface area (Å²) in [6.07, 6.45) is 0.532. The molecule has 0 bridgehead atoms. The lowest BCUT2D eigenvalue weighted by molar-refractivity contribution is -0.118. The van der Waals surface area contributed by atoms with E-state index in [2.05, 4.69) is 10.3 Å². The maximum atomic E-state index is 13.5. The van der Waals surface area contributed by atoms with Crippen molar-refractivity contribution in [3.63, 3.8) is 0 Å². The summed E-state index contributed by atoms with van der Waals surface area (Å²) < 4.78 is 24.5. The number of amides is 1. The minimum Gasteiger partial charge on any atom is -0.481 e. The Kier molecular flexibility index (Phi) is 5.44. The number of carbonyl (C=O) groups is 1. The van der Waals surface area contributed by atoms with Crippen LogP contribution in [-0.4, -0.2) is 17.5 Å². The van der Waals surface area contributed by atoms with Crippen molar-refractivity contribution in [1.82, 2.24) is 4.98 Å². The fraction of sp³-hybridized carbons (Fsp3) is 0.0909. The van der Waals surface area contributed by atoms with Gasteiger partial charge in [0.15, 0.2) is 29.6 Å². The van der Waals surface area contributed by atoms with Crippen molar-refractivity contribution in [3.8, 4) is 5.75 Å². The lowest BCUT2D eigenvalue weighted by Crippen LogP contribution is -2.20. The number of oxazole rings is 1. The molecule has 29 heavy (non-hydrogen) atoms. The normalized spacial score (nSPS) is 10.8. The Labute approximate surface area is 171 Å². The van der Waals surface area contributed by atoms with Crippen LogP contribution >= 0.6 is 11.6 Å². The molecule has 7 heteroatoms. The third kappa shape index (κ3) is 4.73. The number of hydrogen-bond donors (Lipinski definition) is 1. The zero-order valence-electron chi connectivity index (χ0n) is 15.2. The number of rotatable bonds is 6. The number of ether oxygens (including phenoxy) is 1. The average molecular weight is 411 g/mol. The quantitative estimate of drug-likeness (QED) is 0.472. The highest BCUT2D eigenvalue weighted by Gasteiger charge is 2.10. The SMILES string of the molecule is O=C(COc1ccccc1F)Nc1ccc2oc(Cc3ccc(Cl)cc3)nc2c1. The van der Waals surface area contributed by atoms with Gasteiger partial charge in [0.2, 0.25) is 0 Å².